The molecule has 3 rings (SSSR count). The third-order valence-electron chi connectivity index (χ3n) is 3.28. The van der Waals surface area contributed by atoms with Crippen LogP contribution in [-0.2, 0) is 0 Å². The molecule has 1 amide bonds. The number of hydrogen-bond acceptors (Lipinski definition) is 8. The Hall–Kier alpha value is -3.75. The van der Waals surface area contributed by atoms with Crippen molar-refractivity contribution in [3.05, 3.63) is 54.7 Å². The van der Waals surface area contributed by atoms with E-state index in [1.165, 1.54) is 18.7 Å². The molecule has 0 spiro atoms. The number of amides is 1. The lowest BCUT2D eigenvalue weighted by atomic mass is 10.3. The number of anilines is 4. The molecule has 0 saturated carbocycles. The van der Waals surface area contributed by atoms with Gasteiger partial charge in [0.1, 0.15) is 17.8 Å². The molecule has 0 bridgehead atoms. The summed E-state index contributed by atoms with van der Waals surface area (Å²) in [6, 6.07) is 10.4. The molecular weight excluding hydrogens is 324 g/mol. The Morgan fingerprint density at radius 2 is 1.92 bits per heavy atom. The zero-order valence-corrected chi connectivity index (χ0v) is 13.3. The lowest BCUT2D eigenvalue weighted by Crippen LogP contribution is -2.30. The third kappa shape index (κ3) is 3.78. The first-order valence-corrected chi connectivity index (χ1v) is 7.29. The molecule has 2 aromatic heterocycles. The zero-order valence-electron chi connectivity index (χ0n) is 13.3. The fourth-order valence-electron chi connectivity index (χ4n) is 1.99. The fourth-order valence-corrected chi connectivity index (χ4v) is 1.99. The van der Waals surface area contributed by atoms with Gasteiger partial charge in [0, 0.05) is 5.69 Å². The first-order chi connectivity index (χ1) is 12.2. The molecule has 0 radical (unpaired) electrons. The van der Waals surface area contributed by atoms with E-state index in [0.29, 0.717) is 5.82 Å². The summed E-state index contributed by atoms with van der Waals surface area (Å²) in [5, 5.41) is 3.08. The topological polar surface area (TPSA) is 127 Å². The van der Waals surface area contributed by atoms with Gasteiger partial charge in [-0.2, -0.15) is 0 Å². The average Bonchev–Trinajstić information content (AvgIpc) is 3.17. The molecule has 25 heavy (non-hydrogen) atoms. The second-order valence-electron chi connectivity index (χ2n) is 4.89. The van der Waals surface area contributed by atoms with Crippen LogP contribution in [0.4, 0.5) is 23.0 Å². The number of benzene rings is 1. The fraction of sp³-hybridized carbons (Fsp3) is 0.0625. The number of rotatable bonds is 6. The maximum absolute atomic E-state index is 11.8. The van der Waals surface area contributed by atoms with E-state index in [-0.39, 0.29) is 17.3 Å². The quantitative estimate of drug-likeness (QED) is 0.503. The highest BCUT2D eigenvalue weighted by molar-refractivity contribution is 5.92. The van der Waals surface area contributed by atoms with Crippen LogP contribution >= 0.6 is 0 Å². The summed E-state index contributed by atoms with van der Waals surface area (Å²) in [6.45, 7) is 0. The number of nitrogen functional groups attached to an aromatic ring is 1. The SMILES string of the molecule is COc1ccc(Nc2ncnc(NNC(=O)c3ccco3)c2N)cc1. The predicted octanol–water partition coefficient (Wildman–Crippen LogP) is 2.16. The number of hydrazine groups is 1. The molecule has 5 N–H and O–H groups in total. The Bertz CT molecular complexity index is 849. The molecule has 9 nitrogen and oxygen atoms in total. The molecule has 1 aromatic carbocycles. The van der Waals surface area contributed by atoms with Gasteiger partial charge in [-0.1, -0.05) is 0 Å². The van der Waals surface area contributed by atoms with E-state index in [2.05, 4.69) is 26.1 Å². The maximum atomic E-state index is 11.8. The molecule has 0 aliphatic rings. The van der Waals surface area contributed by atoms with Gasteiger partial charge in [-0.15, -0.1) is 0 Å². The van der Waals surface area contributed by atoms with Gasteiger partial charge in [0.25, 0.3) is 0 Å². The van der Waals surface area contributed by atoms with Gasteiger partial charge in [-0.05, 0) is 36.4 Å². The van der Waals surface area contributed by atoms with Gasteiger partial charge in [0.05, 0.1) is 13.4 Å². The van der Waals surface area contributed by atoms with Crippen molar-refractivity contribution in [3.63, 3.8) is 0 Å². The summed E-state index contributed by atoms with van der Waals surface area (Å²) in [6.07, 6.45) is 2.73. The van der Waals surface area contributed by atoms with Crippen LogP contribution in [0.25, 0.3) is 0 Å². The highest BCUT2D eigenvalue weighted by Crippen LogP contribution is 2.26. The molecule has 128 valence electrons. The van der Waals surface area contributed by atoms with Crippen LogP contribution in [0.15, 0.2) is 53.4 Å². The van der Waals surface area contributed by atoms with Crippen molar-refractivity contribution in [2.75, 3.05) is 23.6 Å². The van der Waals surface area contributed by atoms with Crippen LogP contribution in [-0.4, -0.2) is 23.0 Å². The number of aromatic nitrogens is 2. The van der Waals surface area contributed by atoms with Gasteiger partial charge >= 0.3 is 5.91 Å². The monoisotopic (exact) mass is 340 g/mol. The number of hydrogen-bond donors (Lipinski definition) is 4. The summed E-state index contributed by atoms with van der Waals surface area (Å²) < 4.78 is 10.1. The number of nitrogens with two attached hydrogens (primary N) is 1. The van der Waals surface area contributed by atoms with E-state index in [0.717, 1.165) is 11.4 Å². The molecule has 0 atom stereocenters. The van der Waals surface area contributed by atoms with E-state index in [9.17, 15) is 4.79 Å². The number of methoxy groups -OCH3 is 1. The minimum absolute atomic E-state index is 0.164. The van der Waals surface area contributed by atoms with Crippen LogP contribution in [0.5, 0.6) is 5.75 Å². The van der Waals surface area contributed by atoms with Crippen LogP contribution in [0, 0.1) is 0 Å². The minimum atomic E-state index is -0.451. The molecule has 0 saturated heterocycles. The maximum Gasteiger partial charge on any atom is 0.305 e. The summed E-state index contributed by atoms with van der Waals surface area (Å²) in [7, 11) is 1.60. The van der Waals surface area contributed by atoms with Crippen molar-refractivity contribution in [2.45, 2.75) is 0 Å². The Morgan fingerprint density at radius 1 is 1.16 bits per heavy atom. The smallest absolute Gasteiger partial charge is 0.305 e. The van der Waals surface area contributed by atoms with Crippen LogP contribution < -0.4 is 26.6 Å². The lowest BCUT2D eigenvalue weighted by molar-refractivity contribution is 0.0935. The van der Waals surface area contributed by atoms with Crippen molar-refractivity contribution < 1.29 is 13.9 Å². The van der Waals surface area contributed by atoms with Crippen molar-refractivity contribution in [1.29, 1.82) is 0 Å². The van der Waals surface area contributed by atoms with Crippen molar-refractivity contribution in [3.8, 4) is 5.75 Å². The number of nitrogens with one attached hydrogen (secondary N) is 3. The number of nitrogens with zero attached hydrogens (tertiary/aromatic N) is 2. The van der Waals surface area contributed by atoms with Gasteiger partial charge in [-0.3, -0.25) is 15.6 Å². The molecule has 0 unspecified atom stereocenters. The highest BCUT2D eigenvalue weighted by atomic mass is 16.5. The molecule has 0 fully saturated rings. The van der Waals surface area contributed by atoms with Crippen molar-refractivity contribution in [1.82, 2.24) is 15.4 Å². The second kappa shape index (κ2) is 7.21. The first kappa shape index (κ1) is 16.1. The molecule has 9 heteroatoms. The summed E-state index contributed by atoms with van der Waals surface area (Å²) >= 11 is 0. The van der Waals surface area contributed by atoms with Crippen LogP contribution in [0.2, 0.25) is 0 Å². The zero-order chi connectivity index (χ0) is 17.6. The number of carbonyl (C=O) groups is 1. The minimum Gasteiger partial charge on any atom is -0.497 e. The van der Waals surface area contributed by atoms with Gasteiger partial charge in [0.15, 0.2) is 17.4 Å². The normalized spacial score (nSPS) is 10.1. The number of carbonyl (C=O) groups excluding carboxylic acids is 1. The molecule has 2 heterocycles. The first-order valence-electron chi connectivity index (χ1n) is 7.29. The summed E-state index contributed by atoms with van der Waals surface area (Å²) in [5.41, 5.74) is 12.2. The largest absolute Gasteiger partial charge is 0.497 e. The van der Waals surface area contributed by atoms with Crippen molar-refractivity contribution in [2.24, 2.45) is 0 Å². The highest BCUT2D eigenvalue weighted by Gasteiger charge is 2.11. The van der Waals surface area contributed by atoms with E-state index in [4.69, 9.17) is 14.9 Å². The Balaban J connectivity index is 1.69. The second-order valence-corrected chi connectivity index (χ2v) is 4.89. The Labute approximate surface area is 143 Å². The number of furan rings is 1. The molecular formula is C16H16N6O3. The van der Waals surface area contributed by atoms with Crippen molar-refractivity contribution >= 4 is 28.9 Å². The van der Waals surface area contributed by atoms with Gasteiger partial charge in [0.2, 0.25) is 0 Å². The Morgan fingerprint density at radius 3 is 2.60 bits per heavy atom. The standard InChI is InChI=1S/C16H16N6O3/c1-24-11-6-4-10(5-7-11)20-14-13(17)15(19-9-18-14)21-22-16(23)12-3-2-8-25-12/h2-9H,17H2,1H3,(H,22,23)(H2,18,19,20,21). The lowest BCUT2D eigenvalue weighted by Gasteiger charge is -2.13. The predicted molar refractivity (Wildman–Crippen MR) is 92.5 cm³/mol. The molecule has 0 aliphatic carbocycles. The average molecular weight is 340 g/mol. The Kier molecular flexibility index (Phi) is 4.65. The van der Waals surface area contributed by atoms with E-state index in [1.54, 1.807) is 13.2 Å². The number of ether oxygens (including phenoxy) is 1. The van der Waals surface area contributed by atoms with Gasteiger partial charge < -0.3 is 20.2 Å². The van der Waals surface area contributed by atoms with Crippen LogP contribution in [0.1, 0.15) is 10.6 Å². The molecule has 3 aromatic rings. The molecule has 0 aliphatic heterocycles. The van der Waals surface area contributed by atoms with Gasteiger partial charge in [-0.25, -0.2) is 9.97 Å². The summed E-state index contributed by atoms with van der Waals surface area (Å²) in [5.74, 6) is 1.11. The van der Waals surface area contributed by atoms with E-state index >= 15 is 0 Å². The van der Waals surface area contributed by atoms with E-state index in [1.807, 2.05) is 24.3 Å². The third-order valence-corrected chi connectivity index (χ3v) is 3.28. The van der Waals surface area contributed by atoms with E-state index < -0.39 is 5.91 Å². The summed E-state index contributed by atoms with van der Waals surface area (Å²) in [4.78, 5) is 20.0. The van der Waals surface area contributed by atoms with Crippen LogP contribution in [0.3, 0.4) is 0 Å².